The smallest absolute Gasteiger partial charge is 0.177 e. The lowest BCUT2D eigenvalue weighted by Crippen LogP contribution is -2.17. The van der Waals surface area contributed by atoms with Crippen molar-refractivity contribution in [2.75, 3.05) is 6.73 Å². The maximum Gasteiger partial charge on any atom is 0.177 e. The molecule has 0 aliphatic carbocycles. The number of hydrogen-bond donors (Lipinski definition) is 1. The number of aromatic nitrogens is 1. The summed E-state index contributed by atoms with van der Waals surface area (Å²) in [5, 5.41) is 3.65. The van der Waals surface area contributed by atoms with Crippen molar-refractivity contribution >= 4 is 5.84 Å². The molecule has 0 amide bonds. The second-order valence-corrected chi connectivity index (χ2v) is 1.77. The van der Waals surface area contributed by atoms with E-state index in [1.54, 1.807) is 6.07 Å². The van der Waals surface area contributed by atoms with Gasteiger partial charge in [-0.3, -0.25) is 4.84 Å². The van der Waals surface area contributed by atoms with Crippen LogP contribution >= 0.6 is 0 Å². The molecular formula is C5H5N3O2. The summed E-state index contributed by atoms with van der Waals surface area (Å²) in [7, 11) is 0. The number of nitrogens with zero attached hydrogens (tertiary/aromatic N) is 2. The summed E-state index contributed by atoms with van der Waals surface area (Å²) in [5.74, 6) is 0.619. The molecule has 5 heteroatoms. The largest absolute Gasteiger partial charge is 0.364 e. The number of nitrogens with one attached hydrogen (secondary N) is 1. The zero-order valence-corrected chi connectivity index (χ0v) is 5.07. The zero-order chi connectivity index (χ0) is 6.81. The van der Waals surface area contributed by atoms with Crippen molar-refractivity contribution in [1.82, 2.24) is 10.6 Å². The van der Waals surface area contributed by atoms with Gasteiger partial charge in [-0.1, -0.05) is 5.16 Å². The van der Waals surface area contributed by atoms with Gasteiger partial charge in [-0.2, -0.15) is 0 Å². The van der Waals surface area contributed by atoms with Crippen molar-refractivity contribution in [2.45, 2.75) is 0 Å². The van der Waals surface area contributed by atoms with Crippen molar-refractivity contribution in [3.63, 3.8) is 0 Å². The van der Waals surface area contributed by atoms with Gasteiger partial charge in [-0.25, -0.2) is 10.5 Å². The Balaban J connectivity index is 2.28. The molecule has 0 unspecified atom stereocenters. The highest BCUT2D eigenvalue weighted by Crippen LogP contribution is 1.98. The van der Waals surface area contributed by atoms with Crippen molar-refractivity contribution in [3.05, 3.63) is 18.0 Å². The maximum absolute atomic E-state index is 4.75. The molecule has 2 rings (SSSR count). The van der Waals surface area contributed by atoms with Gasteiger partial charge in [0.25, 0.3) is 0 Å². The molecule has 52 valence electrons. The standard InChI is InChI=1S/C5H5N3O2/c1-2-9-7-4(1)5-6-3-10-8-5/h1-2H,3H2,(H,6,8). The van der Waals surface area contributed by atoms with Crippen LogP contribution in [0.1, 0.15) is 5.69 Å². The fourth-order valence-corrected chi connectivity index (χ4v) is 0.698. The molecule has 0 spiro atoms. The third-order valence-corrected chi connectivity index (χ3v) is 1.14. The van der Waals surface area contributed by atoms with Crippen LogP contribution in [-0.4, -0.2) is 17.7 Å². The first kappa shape index (κ1) is 5.43. The normalized spacial score (nSPS) is 16.6. The summed E-state index contributed by atoms with van der Waals surface area (Å²) >= 11 is 0. The van der Waals surface area contributed by atoms with E-state index in [1.807, 2.05) is 0 Å². The minimum absolute atomic E-state index is 0.336. The lowest BCUT2D eigenvalue weighted by molar-refractivity contribution is 0.115. The fourth-order valence-electron chi connectivity index (χ4n) is 0.698. The Morgan fingerprint density at radius 1 is 1.60 bits per heavy atom. The summed E-state index contributed by atoms with van der Waals surface area (Å²) < 4.78 is 4.60. The average Bonchev–Trinajstić information content (AvgIpc) is 2.59. The second-order valence-electron chi connectivity index (χ2n) is 1.77. The molecule has 0 aromatic carbocycles. The lowest BCUT2D eigenvalue weighted by Gasteiger charge is -1.91. The molecular weight excluding hydrogens is 134 g/mol. The predicted molar refractivity (Wildman–Crippen MR) is 32.1 cm³/mol. The Morgan fingerprint density at radius 3 is 3.20 bits per heavy atom. The van der Waals surface area contributed by atoms with E-state index in [0.717, 1.165) is 0 Å². The van der Waals surface area contributed by atoms with E-state index in [0.29, 0.717) is 18.3 Å². The van der Waals surface area contributed by atoms with Crippen LogP contribution in [0.3, 0.4) is 0 Å². The third-order valence-electron chi connectivity index (χ3n) is 1.14. The van der Waals surface area contributed by atoms with Crippen LogP contribution in [-0.2, 0) is 4.84 Å². The molecule has 0 fully saturated rings. The zero-order valence-electron chi connectivity index (χ0n) is 5.07. The summed E-state index contributed by atoms with van der Waals surface area (Å²) in [6.45, 7) is 0.336. The monoisotopic (exact) mass is 139 g/mol. The SMILES string of the molecule is c1cc(C2=NCON2)no1. The molecule has 0 bridgehead atoms. The van der Waals surface area contributed by atoms with E-state index in [9.17, 15) is 0 Å². The topological polar surface area (TPSA) is 59.6 Å². The Labute approximate surface area is 56.6 Å². The molecule has 1 N–H and O–H groups in total. The highest BCUT2D eigenvalue weighted by Gasteiger charge is 2.10. The highest BCUT2D eigenvalue weighted by atomic mass is 16.7. The van der Waals surface area contributed by atoms with E-state index in [4.69, 9.17) is 4.84 Å². The summed E-state index contributed by atoms with van der Waals surface area (Å²) in [6, 6.07) is 1.71. The number of rotatable bonds is 1. The van der Waals surface area contributed by atoms with Crippen LogP contribution in [0.4, 0.5) is 0 Å². The first-order chi connectivity index (χ1) is 4.97. The number of hydrogen-bond acceptors (Lipinski definition) is 5. The molecule has 0 atom stereocenters. The van der Waals surface area contributed by atoms with Gasteiger partial charge in [0.1, 0.15) is 6.26 Å². The first-order valence-corrected chi connectivity index (χ1v) is 2.80. The molecule has 1 aromatic rings. The summed E-state index contributed by atoms with van der Waals surface area (Å²) in [6.07, 6.45) is 1.48. The van der Waals surface area contributed by atoms with E-state index >= 15 is 0 Å². The van der Waals surface area contributed by atoms with Gasteiger partial charge in [0, 0.05) is 6.07 Å². The average molecular weight is 139 g/mol. The predicted octanol–water partition coefficient (Wildman–Crippen LogP) is -0.0865. The van der Waals surface area contributed by atoms with Gasteiger partial charge in [0.15, 0.2) is 18.3 Å². The fraction of sp³-hybridized carbons (Fsp3) is 0.200. The highest BCUT2D eigenvalue weighted by molar-refractivity contribution is 5.96. The van der Waals surface area contributed by atoms with Crippen molar-refractivity contribution in [2.24, 2.45) is 4.99 Å². The second kappa shape index (κ2) is 2.11. The molecule has 1 aliphatic rings. The Morgan fingerprint density at radius 2 is 2.60 bits per heavy atom. The van der Waals surface area contributed by atoms with Crippen LogP contribution in [0.5, 0.6) is 0 Å². The van der Waals surface area contributed by atoms with Crippen LogP contribution in [0.2, 0.25) is 0 Å². The van der Waals surface area contributed by atoms with Gasteiger partial charge in [-0.15, -0.1) is 0 Å². The van der Waals surface area contributed by atoms with Crippen LogP contribution in [0.15, 0.2) is 21.8 Å². The van der Waals surface area contributed by atoms with Crippen molar-refractivity contribution < 1.29 is 9.36 Å². The molecule has 0 saturated heterocycles. The van der Waals surface area contributed by atoms with E-state index in [1.165, 1.54) is 6.26 Å². The quantitative estimate of drug-likeness (QED) is 0.590. The molecule has 0 radical (unpaired) electrons. The van der Waals surface area contributed by atoms with Gasteiger partial charge in [0.05, 0.1) is 0 Å². The van der Waals surface area contributed by atoms with Crippen LogP contribution in [0, 0.1) is 0 Å². The molecule has 5 nitrogen and oxygen atoms in total. The minimum Gasteiger partial charge on any atom is -0.364 e. The molecule has 1 aromatic heterocycles. The number of hydroxylamine groups is 1. The van der Waals surface area contributed by atoms with Gasteiger partial charge in [0.2, 0.25) is 0 Å². The molecule has 2 heterocycles. The van der Waals surface area contributed by atoms with Crippen molar-refractivity contribution in [3.8, 4) is 0 Å². The van der Waals surface area contributed by atoms with Crippen LogP contribution in [0.25, 0.3) is 0 Å². The van der Waals surface area contributed by atoms with Gasteiger partial charge < -0.3 is 4.52 Å². The molecule has 10 heavy (non-hydrogen) atoms. The maximum atomic E-state index is 4.75. The third kappa shape index (κ3) is 0.763. The Kier molecular flexibility index (Phi) is 1.14. The van der Waals surface area contributed by atoms with E-state index in [-0.39, 0.29) is 0 Å². The van der Waals surface area contributed by atoms with Gasteiger partial charge in [-0.05, 0) is 0 Å². The number of aliphatic imine (C=N–C) groups is 1. The molecule has 0 saturated carbocycles. The first-order valence-electron chi connectivity index (χ1n) is 2.80. The Hall–Kier alpha value is -1.36. The Bertz CT molecular complexity index is 241. The van der Waals surface area contributed by atoms with E-state index in [2.05, 4.69) is 20.2 Å². The number of amidine groups is 1. The van der Waals surface area contributed by atoms with Gasteiger partial charge >= 0.3 is 0 Å². The van der Waals surface area contributed by atoms with Crippen molar-refractivity contribution in [1.29, 1.82) is 0 Å². The lowest BCUT2D eigenvalue weighted by atomic mass is 10.4. The summed E-state index contributed by atoms with van der Waals surface area (Å²) in [5.41, 5.74) is 3.25. The molecule has 1 aliphatic heterocycles. The van der Waals surface area contributed by atoms with Crippen LogP contribution < -0.4 is 5.48 Å². The van der Waals surface area contributed by atoms with E-state index < -0.39 is 0 Å². The summed E-state index contributed by atoms with van der Waals surface area (Å²) in [4.78, 5) is 8.68. The minimum atomic E-state index is 0.336.